The standard InChI is InChI=1S/C12H18ClNO/c1-3-4-9-7-10(5-6-14)12(15-2)11(13)8-9/h7-8H,3-6,14H2,1-2H3. The number of halogens is 1. The SMILES string of the molecule is CCCc1cc(Cl)c(OC)c(CCN)c1. The van der Waals surface area contributed by atoms with Gasteiger partial charge >= 0.3 is 0 Å². The zero-order valence-corrected chi connectivity index (χ0v) is 10.1. The Labute approximate surface area is 96.4 Å². The molecule has 1 aromatic carbocycles. The first-order valence-electron chi connectivity index (χ1n) is 5.28. The predicted octanol–water partition coefficient (Wildman–Crippen LogP) is 2.80. The van der Waals surface area contributed by atoms with Gasteiger partial charge in [-0.2, -0.15) is 0 Å². The van der Waals surface area contributed by atoms with Gasteiger partial charge in [-0.05, 0) is 36.6 Å². The third-order valence-corrected chi connectivity index (χ3v) is 2.62. The average Bonchev–Trinajstić information content (AvgIpc) is 2.18. The van der Waals surface area contributed by atoms with Crippen molar-refractivity contribution in [3.05, 3.63) is 28.3 Å². The predicted molar refractivity (Wildman–Crippen MR) is 64.8 cm³/mol. The van der Waals surface area contributed by atoms with E-state index in [1.807, 2.05) is 6.07 Å². The van der Waals surface area contributed by atoms with Gasteiger partial charge in [-0.3, -0.25) is 0 Å². The van der Waals surface area contributed by atoms with Gasteiger partial charge in [-0.25, -0.2) is 0 Å². The molecular weight excluding hydrogens is 210 g/mol. The molecule has 0 aliphatic heterocycles. The highest BCUT2D eigenvalue weighted by molar-refractivity contribution is 6.32. The summed E-state index contributed by atoms with van der Waals surface area (Å²) >= 11 is 6.14. The topological polar surface area (TPSA) is 35.2 Å². The Morgan fingerprint density at radius 1 is 1.33 bits per heavy atom. The zero-order chi connectivity index (χ0) is 11.3. The molecule has 15 heavy (non-hydrogen) atoms. The summed E-state index contributed by atoms with van der Waals surface area (Å²) in [4.78, 5) is 0. The van der Waals surface area contributed by atoms with Crippen LogP contribution in [0.1, 0.15) is 24.5 Å². The Kier molecular flexibility index (Phi) is 4.92. The molecule has 0 spiro atoms. The van der Waals surface area contributed by atoms with Crippen LogP contribution in [0.15, 0.2) is 12.1 Å². The number of rotatable bonds is 5. The molecule has 1 rings (SSSR count). The van der Waals surface area contributed by atoms with Crippen molar-refractivity contribution < 1.29 is 4.74 Å². The highest BCUT2D eigenvalue weighted by Crippen LogP contribution is 2.30. The first-order chi connectivity index (χ1) is 7.22. The Hall–Kier alpha value is -0.730. The number of hydrogen-bond acceptors (Lipinski definition) is 2. The lowest BCUT2D eigenvalue weighted by molar-refractivity contribution is 0.410. The van der Waals surface area contributed by atoms with Gasteiger partial charge in [0.15, 0.2) is 0 Å². The van der Waals surface area contributed by atoms with Gasteiger partial charge in [0, 0.05) is 0 Å². The van der Waals surface area contributed by atoms with Crippen LogP contribution in [-0.4, -0.2) is 13.7 Å². The molecular formula is C12H18ClNO. The van der Waals surface area contributed by atoms with Crippen LogP contribution in [0, 0.1) is 0 Å². The second-order valence-corrected chi connectivity index (χ2v) is 3.97. The van der Waals surface area contributed by atoms with Crippen molar-refractivity contribution in [1.82, 2.24) is 0 Å². The molecule has 3 heteroatoms. The van der Waals surface area contributed by atoms with Crippen LogP contribution >= 0.6 is 11.6 Å². The molecule has 0 saturated heterocycles. The molecule has 1 aromatic rings. The van der Waals surface area contributed by atoms with Crippen LogP contribution in [0.25, 0.3) is 0 Å². The van der Waals surface area contributed by atoms with Crippen LogP contribution in [0.5, 0.6) is 5.75 Å². The molecule has 2 nitrogen and oxygen atoms in total. The molecule has 0 radical (unpaired) electrons. The fourth-order valence-corrected chi connectivity index (χ4v) is 2.05. The Bertz CT molecular complexity index is 326. The van der Waals surface area contributed by atoms with Gasteiger partial charge < -0.3 is 10.5 Å². The molecule has 0 unspecified atom stereocenters. The summed E-state index contributed by atoms with van der Waals surface area (Å²) in [6, 6.07) is 4.12. The normalized spacial score (nSPS) is 10.4. The minimum Gasteiger partial charge on any atom is -0.495 e. The number of nitrogens with two attached hydrogens (primary N) is 1. The zero-order valence-electron chi connectivity index (χ0n) is 9.35. The van der Waals surface area contributed by atoms with Crippen LogP contribution in [-0.2, 0) is 12.8 Å². The maximum Gasteiger partial charge on any atom is 0.140 e. The lowest BCUT2D eigenvalue weighted by atomic mass is 10.0. The Morgan fingerprint density at radius 3 is 2.60 bits per heavy atom. The number of benzene rings is 1. The Balaban J connectivity index is 3.07. The van der Waals surface area contributed by atoms with E-state index in [0.717, 1.165) is 30.6 Å². The van der Waals surface area contributed by atoms with E-state index in [-0.39, 0.29) is 0 Å². The molecule has 0 aliphatic rings. The van der Waals surface area contributed by atoms with Gasteiger partial charge in [0.1, 0.15) is 5.75 Å². The van der Waals surface area contributed by atoms with Crippen LogP contribution in [0.4, 0.5) is 0 Å². The quantitative estimate of drug-likeness (QED) is 0.840. The fourth-order valence-electron chi connectivity index (χ4n) is 1.72. The smallest absolute Gasteiger partial charge is 0.140 e. The van der Waals surface area contributed by atoms with E-state index in [9.17, 15) is 0 Å². The van der Waals surface area contributed by atoms with E-state index in [2.05, 4.69) is 13.0 Å². The minimum atomic E-state index is 0.613. The Morgan fingerprint density at radius 2 is 2.07 bits per heavy atom. The van der Waals surface area contributed by atoms with Crippen LogP contribution in [0.2, 0.25) is 5.02 Å². The summed E-state index contributed by atoms with van der Waals surface area (Å²) < 4.78 is 5.27. The molecule has 0 fully saturated rings. The second kappa shape index (κ2) is 5.99. The van der Waals surface area contributed by atoms with Gasteiger partial charge in [-0.1, -0.05) is 31.0 Å². The summed E-state index contributed by atoms with van der Waals surface area (Å²) in [5, 5.41) is 0.687. The van der Waals surface area contributed by atoms with Crippen molar-refractivity contribution >= 4 is 11.6 Å². The molecule has 0 amide bonds. The van der Waals surface area contributed by atoms with E-state index in [4.69, 9.17) is 22.1 Å². The summed E-state index contributed by atoms with van der Waals surface area (Å²) in [7, 11) is 1.64. The van der Waals surface area contributed by atoms with Gasteiger partial charge in [-0.15, -0.1) is 0 Å². The van der Waals surface area contributed by atoms with E-state index >= 15 is 0 Å². The molecule has 0 saturated carbocycles. The molecule has 0 atom stereocenters. The summed E-state index contributed by atoms with van der Waals surface area (Å²) in [5.74, 6) is 0.766. The average molecular weight is 228 g/mol. The highest BCUT2D eigenvalue weighted by Gasteiger charge is 2.09. The number of methoxy groups -OCH3 is 1. The molecule has 0 bridgehead atoms. The minimum absolute atomic E-state index is 0.613. The van der Waals surface area contributed by atoms with E-state index in [1.54, 1.807) is 7.11 Å². The van der Waals surface area contributed by atoms with Crippen LogP contribution < -0.4 is 10.5 Å². The van der Waals surface area contributed by atoms with Crippen molar-refractivity contribution in [2.75, 3.05) is 13.7 Å². The van der Waals surface area contributed by atoms with Crippen molar-refractivity contribution in [3.63, 3.8) is 0 Å². The summed E-state index contributed by atoms with van der Waals surface area (Å²) in [6.45, 7) is 2.77. The maximum atomic E-state index is 6.14. The van der Waals surface area contributed by atoms with E-state index in [1.165, 1.54) is 5.56 Å². The monoisotopic (exact) mass is 227 g/mol. The number of ether oxygens (including phenoxy) is 1. The third-order valence-electron chi connectivity index (χ3n) is 2.34. The van der Waals surface area contributed by atoms with Crippen molar-refractivity contribution in [3.8, 4) is 5.75 Å². The second-order valence-electron chi connectivity index (χ2n) is 3.56. The van der Waals surface area contributed by atoms with Crippen LogP contribution in [0.3, 0.4) is 0 Å². The van der Waals surface area contributed by atoms with Gasteiger partial charge in [0.25, 0.3) is 0 Å². The maximum absolute atomic E-state index is 6.14. The third kappa shape index (κ3) is 3.11. The summed E-state index contributed by atoms with van der Waals surface area (Å²) in [6.07, 6.45) is 2.96. The molecule has 2 N–H and O–H groups in total. The molecule has 0 heterocycles. The lowest BCUT2D eigenvalue weighted by Gasteiger charge is -2.12. The summed E-state index contributed by atoms with van der Waals surface area (Å²) in [5.41, 5.74) is 7.92. The van der Waals surface area contributed by atoms with Crippen molar-refractivity contribution in [2.45, 2.75) is 26.2 Å². The first-order valence-corrected chi connectivity index (χ1v) is 5.66. The molecule has 84 valence electrons. The highest BCUT2D eigenvalue weighted by atomic mass is 35.5. The van der Waals surface area contributed by atoms with E-state index in [0.29, 0.717) is 11.6 Å². The molecule has 0 aliphatic carbocycles. The van der Waals surface area contributed by atoms with Gasteiger partial charge in [0.05, 0.1) is 12.1 Å². The lowest BCUT2D eigenvalue weighted by Crippen LogP contribution is -2.05. The van der Waals surface area contributed by atoms with Crippen molar-refractivity contribution in [1.29, 1.82) is 0 Å². The van der Waals surface area contributed by atoms with Crippen molar-refractivity contribution in [2.24, 2.45) is 5.73 Å². The largest absolute Gasteiger partial charge is 0.495 e. The number of hydrogen-bond donors (Lipinski definition) is 1. The fraction of sp³-hybridized carbons (Fsp3) is 0.500. The van der Waals surface area contributed by atoms with Gasteiger partial charge in [0.2, 0.25) is 0 Å². The first kappa shape index (κ1) is 12.3. The molecule has 0 aromatic heterocycles. The number of aryl methyl sites for hydroxylation is 1. The van der Waals surface area contributed by atoms with E-state index < -0.39 is 0 Å².